The summed E-state index contributed by atoms with van der Waals surface area (Å²) in [6.07, 6.45) is 0.788. The fourth-order valence-electron chi connectivity index (χ4n) is 3.91. The van der Waals surface area contributed by atoms with Crippen molar-refractivity contribution in [3.63, 3.8) is 0 Å². The highest BCUT2D eigenvalue weighted by atomic mass is 16.2. The summed E-state index contributed by atoms with van der Waals surface area (Å²) in [5.74, 6) is 0.929. The molecule has 0 saturated carbocycles. The number of urea groups is 1. The summed E-state index contributed by atoms with van der Waals surface area (Å²) >= 11 is 0. The van der Waals surface area contributed by atoms with Crippen molar-refractivity contribution in [1.29, 1.82) is 0 Å². The topological polar surface area (TPSA) is 61.4 Å². The van der Waals surface area contributed by atoms with Crippen LogP contribution in [0.1, 0.15) is 27.9 Å². The van der Waals surface area contributed by atoms with Crippen LogP contribution >= 0.6 is 0 Å². The van der Waals surface area contributed by atoms with E-state index >= 15 is 0 Å². The number of carbonyl (C=O) groups excluding carboxylic acids is 1. The Labute approximate surface area is 183 Å². The van der Waals surface area contributed by atoms with E-state index in [1.165, 1.54) is 16.7 Å². The summed E-state index contributed by atoms with van der Waals surface area (Å²) in [6.45, 7) is 7.65. The summed E-state index contributed by atoms with van der Waals surface area (Å²) in [4.78, 5) is 16.6. The van der Waals surface area contributed by atoms with Gasteiger partial charge in [-0.25, -0.2) is 4.79 Å². The number of nitrogens with zero attached hydrogens (tertiary/aromatic N) is 4. The molecule has 31 heavy (non-hydrogen) atoms. The van der Waals surface area contributed by atoms with Crippen molar-refractivity contribution in [3.8, 4) is 0 Å². The lowest BCUT2D eigenvalue weighted by atomic mass is 10.0. The number of aromatic nitrogens is 2. The van der Waals surface area contributed by atoms with Crippen LogP contribution < -0.4 is 10.2 Å². The van der Waals surface area contributed by atoms with Crippen molar-refractivity contribution in [1.82, 2.24) is 20.4 Å². The Morgan fingerprint density at radius 2 is 1.45 bits per heavy atom. The van der Waals surface area contributed by atoms with E-state index in [9.17, 15) is 4.79 Å². The highest BCUT2D eigenvalue weighted by Gasteiger charge is 2.24. The van der Waals surface area contributed by atoms with E-state index in [0.717, 1.165) is 36.6 Å². The quantitative estimate of drug-likeness (QED) is 0.690. The molecule has 2 amide bonds. The van der Waals surface area contributed by atoms with E-state index in [1.54, 1.807) is 0 Å². The van der Waals surface area contributed by atoms with Gasteiger partial charge in [-0.1, -0.05) is 60.7 Å². The summed E-state index contributed by atoms with van der Waals surface area (Å²) < 4.78 is 0. The molecule has 1 N–H and O–H groups in total. The van der Waals surface area contributed by atoms with Crippen molar-refractivity contribution in [3.05, 3.63) is 88.6 Å². The van der Waals surface area contributed by atoms with Gasteiger partial charge in [0.25, 0.3) is 0 Å². The molecule has 0 atom stereocenters. The van der Waals surface area contributed by atoms with E-state index < -0.39 is 0 Å². The Kier molecular flexibility index (Phi) is 6.46. The first-order valence-electron chi connectivity index (χ1n) is 10.8. The van der Waals surface area contributed by atoms with Gasteiger partial charge in [0, 0.05) is 39.1 Å². The number of piperazine rings is 1. The van der Waals surface area contributed by atoms with E-state index in [-0.39, 0.29) is 6.03 Å². The molecule has 0 aliphatic carbocycles. The standard InChI is InChI=1S/C25H29N5O/c1-19-20(2)24(28-27-23(19)17-21-9-5-3-6-10-21)29-13-15-30(16-14-29)25(31)26-18-22-11-7-4-8-12-22/h3-12H,13-18H2,1-2H3,(H,26,31). The van der Waals surface area contributed by atoms with Gasteiger partial charge in [0.2, 0.25) is 0 Å². The van der Waals surface area contributed by atoms with Gasteiger partial charge in [-0.05, 0) is 36.1 Å². The second kappa shape index (κ2) is 9.60. The van der Waals surface area contributed by atoms with Crippen LogP contribution in [0.3, 0.4) is 0 Å². The smallest absolute Gasteiger partial charge is 0.317 e. The van der Waals surface area contributed by atoms with Gasteiger partial charge < -0.3 is 15.1 Å². The monoisotopic (exact) mass is 415 g/mol. The van der Waals surface area contributed by atoms with Crippen LogP contribution in [-0.2, 0) is 13.0 Å². The maximum absolute atomic E-state index is 12.5. The summed E-state index contributed by atoms with van der Waals surface area (Å²) in [5, 5.41) is 12.1. The zero-order valence-corrected chi connectivity index (χ0v) is 18.2. The minimum absolute atomic E-state index is 0.0132. The molecule has 0 radical (unpaired) electrons. The van der Waals surface area contributed by atoms with E-state index in [1.807, 2.05) is 41.3 Å². The number of anilines is 1. The normalized spacial score (nSPS) is 13.9. The Morgan fingerprint density at radius 1 is 0.839 bits per heavy atom. The molecule has 6 nitrogen and oxygen atoms in total. The number of rotatable bonds is 5. The molecule has 6 heteroatoms. The maximum atomic E-state index is 12.5. The fourth-order valence-corrected chi connectivity index (χ4v) is 3.91. The van der Waals surface area contributed by atoms with E-state index in [0.29, 0.717) is 19.6 Å². The number of amides is 2. The van der Waals surface area contributed by atoms with Crippen LogP contribution in [0.4, 0.5) is 10.6 Å². The van der Waals surface area contributed by atoms with Crippen molar-refractivity contribution in [2.75, 3.05) is 31.1 Å². The van der Waals surface area contributed by atoms with Crippen LogP contribution in [-0.4, -0.2) is 47.3 Å². The average Bonchev–Trinajstić information content (AvgIpc) is 2.82. The first-order chi connectivity index (χ1) is 15.1. The SMILES string of the molecule is Cc1c(Cc2ccccc2)nnc(N2CCN(C(=O)NCc3ccccc3)CC2)c1C. The molecule has 3 aromatic rings. The van der Waals surface area contributed by atoms with Crippen LogP contribution in [0.15, 0.2) is 60.7 Å². The molecule has 1 aliphatic heterocycles. The average molecular weight is 416 g/mol. The van der Waals surface area contributed by atoms with Crippen LogP contribution in [0.5, 0.6) is 0 Å². The number of carbonyl (C=O) groups is 1. The molecule has 1 aliphatic rings. The molecular weight excluding hydrogens is 386 g/mol. The first-order valence-corrected chi connectivity index (χ1v) is 10.8. The lowest BCUT2D eigenvalue weighted by molar-refractivity contribution is 0.193. The van der Waals surface area contributed by atoms with Gasteiger partial charge in [0.1, 0.15) is 0 Å². The highest BCUT2D eigenvalue weighted by Crippen LogP contribution is 2.24. The maximum Gasteiger partial charge on any atom is 0.317 e. The Balaban J connectivity index is 1.35. The largest absolute Gasteiger partial charge is 0.351 e. The van der Waals surface area contributed by atoms with Gasteiger partial charge in [-0.15, -0.1) is 5.10 Å². The Hall–Kier alpha value is -3.41. The lowest BCUT2D eigenvalue weighted by Gasteiger charge is -2.36. The first kappa shape index (κ1) is 20.8. The van der Waals surface area contributed by atoms with Gasteiger partial charge in [-0.2, -0.15) is 5.10 Å². The van der Waals surface area contributed by atoms with Gasteiger partial charge >= 0.3 is 6.03 Å². The molecule has 1 aromatic heterocycles. The molecule has 2 aromatic carbocycles. The predicted molar refractivity (Wildman–Crippen MR) is 123 cm³/mol. The molecule has 0 unspecified atom stereocenters. The summed E-state index contributed by atoms with van der Waals surface area (Å²) in [6, 6.07) is 20.3. The third-order valence-electron chi connectivity index (χ3n) is 5.96. The third kappa shape index (κ3) is 5.02. The molecule has 160 valence electrons. The number of nitrogens with one attached hydrogen (secondary N) is 1. The molecule has 2 heterocycles. The van der Waals surface area contributed by atoms with E-state index in [2.05, 4.69) is 58.5 Å². The van der Waals surface area contributed by atoms with E-state index in [4.69, 9.17) is 0 Å². The minimum atomic E-state index is -0.0132. The van der Waals surface area contributed by atoms with Crippen LogP contribution in [0.25, 0.3) is 0 Å². The number of hydrogen-bond acceptors (Lipinski definition) is 4. The Bertz CT molecular complexity index is 1010. The molecule has 0 spiro atoms. The second-order valence-electron chi connectivity index (χ2n) is 8.00. The predicted octanol–water partition coefficient (Wildman–Crippen LogP) is 3.72. The number of hydrogen-bond donors (Lipinski definition) is 1. The van der Waals surface area contributed by atoms with Crippen molar-refractivity contribution in [2.24, 2.45) is 0 Å². The molecule has 4 rings (SSSR count). The zero-order chi connectivity index (χ0) is 21.6. The van der Waals surface area contributed by atoms with Gasteiger partial charge in [-0.3, -0.25) is 0 Å². The zero-order valence-electron chi connectivity index (χ0n) is 18.2. The molecular formula is C25H29N5O. The molecule has 0 bridgehead atoms. The second-order valence-corrected chi connectivity index (χ2v) is 8.00. The van der Waals surface area contributed by atoms with Crippen LogP contribution in [0.2, 0.25) is 0 Å². The summed E-state index contributed by atoms with van der Waals surface area (Å²) in [5.41, 5.74) is 5.72. The van der Waals surface area contributed by atoms with Crippen molar-refractivity contribution >= 4 is 11.8 Å². The minimum Gasteiger partial charge on any atom is -0.351 e. The summed E-state index contributed by atoms with van der Waals surface area (Å²) in [7, 11) is 0. The molecule has 1 fully saturated rings. The van der Waals surface area contributed by atoms with Gasteiger partial charge in [0.15, 0.2) is 5.82 Å². The van der Waals surface area contributed by atoms with Crippen molar-refractivity contribution in [2.45, 2.75) is 26.8 Å². The molecule has 1 saturated heterocycles. The fraction of sp³-hybridized carbons (Fsp3) is 0.320. The highest BCUT2D eigenvalue weighted by molar-refractivity contribution is 5.74. The third-order valence-corrected chi connectivity index (χ3v) is 5.96. The van der Waals surface area contributed by atoms with Crippen molar-refractivity contribution < 1.29 is 4.79 Å². The Morgan fingerprint density at radius 3 is 2.10 bits per heavy atom. The van der Waals surface area contributed by atoms with Gasteiger partial charge in [0.05, 0.1) is 5.69 Å². The lowest BCUT2D eigenvalue weighted by Crippen LogP contribution is -2.52. The number of benzene rings is 2. The van der Waals surface area contributed by atoms with Crippen LogP contribution in [0, 0.1) is 13.8 Å².